The largest absolute Gasteiger partial charge is 0.493 e. The van der Waals surface area contributed by atoms with Crippen LogP contribution in [0.15, 0.2) is 24.3 Å². The van der Waals surface area contributed by atoms with Crippen molar-refractivity contribution in [1.82, 2.24) is 0 Å². The number of ether oxygens (including phenoxy) is 2. The van der Waals surface area contributed by atoms with Crippen molar-refractivity contribution in [3.8, 4) is 5.75 Å². The third-order valence-corrected chi connectivity index (χ3v) is 4.34. The first-order chi connectivity index (χ1) is 8.69. The summed E-state index contributed by atoms with van der Waals surface area (Å²) >= 11 is 0. The lowest BCUT2D eigenvalue weighted by molar-refractivity contribution is -0.0394. The Morgan fingerprint density at radius 1 is 1.33 bits per heavy atom. The van der Waals surface area contributed by atoms with Crippen LogP contribution in [0, 0.1) is 0 Å². The Kier molecular flexibility index (Phi) is 3.04. The average molecular weight is 248 g/mol. The third-order valence-electron chi connectivity index (χ3n) is 4.34. The highest BCUT2D eigenvalue weighted by molar-refractivity contribution is 5.38. The molecule has 1 fully saturated rings. The Morgan fingerprint density at radius 3 is 2.94 bits per heavy atom. The van der Waals surface area contributed by atoms with Crippen LogP contribution in [0.2, 0.25) is 0 Å². The van der Waals surface area contributed by atoms with Crippen molar-refractivity contribution in [2.75, 3.05) is 13.2 Å². The molecule has 1 saturated heterocycles. The second kappa shape index (κ2) is 4.56. The highest BCUT2D eigenvalue weighted by atomic mass is 16.5. The number of rotatable bonds is 2. The maximum atomic E-state index is 10.7. The van der Waals surface area contributed by atoms with E-state index in [9.17, 15) is 5.11 Å². The fourth-order valence-electron chi connectivity index (χ4n) is 3.09. The molecule has 0 aromatic heterocycles. The molecule has 3 rings (SSSR count). The molecule has 2 aliphatic rings. The van der Waals surface area contributed by atoms with Gasteiger partial charge >= 0.3 is 0 Å². The van der Waals surface area contributed by atoms with Gasteiger partial charge in [0.2, 0.25) is 0 Å². The Bertz CT molecular complexity index is 432. The van der Waals surface area contributed by atoms with Crippen LogP contribution in [0.3, 0.4) is 0 Å². The van der Waals surface area contributed by atoms with Gasteiger partial charge in [0.1, 0.15) is 5.75 Å². The zero-order valence-electron chi connectivity index (χ0n) is 10.8. The lowest BCUT2D eigenvalue weighted by Gasteiger charge is -2.33. The molecule has 2 aliphatic heterocycles. The van der Waals surface area contributed by atoms with Crippen molar-refractivity contribution in [2.45, 2.75) is 43.8 Å². The van der Waals surface area contributed by atoms with E-state index in [4.69, 9.17) is 9.47 Å². The van der Waals surface area contributed by atoms with Gasteiger partial charge in [-0.1, -0.05) is 18.2 Å². The monoisotopic (exact) mass is 248 g/mol. The molecule has 3 nitrogen and oxygen atoms in total. The van der Waals surface area contributed by atoms with E-state index in [1.54, 1.807) is 0 Å². The van der Waals surface area contributed by atoms with E-state index in [1.165, 1.54) is 5.56 Å². The van der Waals surface area contributed by atoms with E-state index < -0.39 is 5.60 Å². The number of aliphatic hydroxyl groups is 1. The van der Waals surface area contributed by atoms with Crippen molar-refractivity contribution in [2.24, 2.45) is 0 Å². The second-order valence-electron chi connectivity index (χ2n) is 5.44. The lowest BCUT2D eigenvalue weighted by Crippen LogP contribution is -2.38. The van der Waals surface area contributed by atoms with E-state index in [2.05, 4.69) is 6.07 Å². The second-order valence-corrected chi connectivity index (χ2v) is 5.44. The van der Waals surface area contributed by atoms with Crippen molar-refractivity contribution in [3.05, 3.63) is 29.8 Å². The van der Waals surface area contributed by atoms with E-state index >= 15 is 0 Å². The Labute approximate surface area is 108 Å². The number of para-hydroxylation sites is 1. The van der Waals surface area contributed by atoms with Gasteiger partial charge in [-0.05, 0) is 37.3 Å². The molecule has 3 heteroatoms. The van der Waals surface area contributed by atoms with Gasteiger partial charge in [-0.2, -0.15) is 0 Å². The van der Waals surface area contributed by atoms with E-state index in [0.717, 1.165) is 31.6 Å². The number of hydrogen-bond donors (Lipinski definition) is 1. The fourth-order valence-corrected chi connectivity index (χ4v) is 3.09. The normalized spacial score (nSPS) is 35.0. The minimum Gasteiger partial charge on any atom is -0.493 e. The summed E-state index contributed by atoms with van der Waals surface area (Å²) in [5, 5.41) is 10.7. The van der Waals surface area contributed by atoms with Crippen LogP contribution < -0.4 is 4.74 Å². The Balaban J connectivity index is 1.82. The molecule has 3 atom stereocenters. The molecule has 1 aromatic carbocycles. The van der Waals surface area contributed by atoms with Gasteiger partial charge in [0.05, 0.1) is 18.3 Å². The zero-order valence-corrected chi connectivity index (χ0v) is 10.8. The van der Waals surface area contributed by atoms with Gasteiger partial charge in [0, 0.05) is 13.0 Å². The highest BCUT2D eigenvalue weighted by Crippen LogP contribution is 2.41. The summed E-state index contributed by atoms with van der Waals surface area (Å²) in [5.74, 6) is 1.35. The van der Waals surface area contributed by atoms with Crippen molar-refractivity contribution in [3.63, 3.8) is 0 Å². The Morgan fingerprint density at radius 2 is 2.17 bits per heavy atom. The molecule has 0 aliphatic carbocycles. The standard InChI is InChI=1S/C15H20O3/c1-11-15(16,7-9-17-11)10-12-6-8-18-14-5-3-2-4-13(12)14/h2-5,11-12,16H,6-10H2,1H3. The predicted octanol–water partition coefficient (Wildman–Crippen LogP) is 2.48. The van der Waals surface area contributed by atoms with Gasteiger partial charge in [0.25, 0.3) is 0 Å². The maximum Gasteiger partial charge on any atom is 0.122 e. The molecular formula is C15H20O3. The smallest absolute Gasteiger partial charge is 0.122 e. The molecule has 1 aromatic rings. The quantitative estimate of drug-likeness (QED) is 0.874. The molecule has 98 valence electrons. The maximum absolute atomic E-state index is 10.7. The number of hydrogen-bond acceptors (Lipinski definition) is 3. The first-order valence-electron chi connectivity index (χ1n) is 6.75. The van der Waals surface area contributed by atoms with Crippen LogP contribution in [0.5, 0.6) is 5.75 Å². The van der Waals surface area contributed by atoms with Crippen LogP contribution in [0.1, 0.15) is 37.7 Å². The molecule has 3 unspecified atom stereocenters. The van der Waals surface area contributed by atoms with Gasteiger partial charge in [0.15, 0.2) is 0 Å². The topological polar surface area (TPSA) is 38.7 Å². The van der Waals surface area contributed by atoms with Crippen LogP contribution in [-0.2, 0) is 4.74 Å². The first-order valence-corrected chi connectivity index (χ1v) is 6.75. The molecule has 0 saturated carbocycles. The van der Waals surface area contributed by atoms with Crippen LogP contribution in [-0.4, -0.2) is 30.0 Å². The Hall–Kier alpha value is -1.06. The van der Waals surface area contributed by atoms with Crippen molar-refractivity contribution in [1.29, 1.82) is 0 Å². The van der Waals surface area contributed by atoms with Gasteiger partial charge < -0.3 is 14.6 Å². The summed E-state index contributed by atoms with van der Waals surface area (Å²) in [5.41, 5.74) is 0.561. The predicted molar refractivity (Wildman–Crippen MR) is 68.9 cm³/mol. The SMILES string of the molecule is CC1OCCC1(O)CC1CCOc2ccccc21. The lowest BCUT2D eigenvalue weighted by atomic mass is 9.80. The molecule has 0 radical (unpaired) electrons. The summed E-state index contributed by atoms with van der Waals surface area (Å²) in [4.78, 5) is 0. The van der Waals surface area contributed by atoms with Crippen LogP contribution >= 0.6 is 0 Å². The van der Waals surface area contributed by atoms with Crippen LogP contribution in [0.25, 0.3) is 0 Å². The molecule has 0 bridgehead atoms. The fraction of sp³-hybridized carbons (Fsp3) is 0.600. The number of fused-ring (bicyclic) bond motifs is 1. The van der Waals surface area contributed by atoms with E-state index in [-0.39, 0.29) is 6.10 Å². The summed E-state index contributed by atoms with van der Waals surface area (Å²) in [6.07, 6.45) is 2.43. The molecule has 0 spiro atoms. The van der Waals surface area contributed by atoms with Crippen molar-refractivity contribution < 1.29 is 14.6 Å². The molecule has 18 heavy (non-hydrogen) atoms. The summed E-state index contributed by atoms with van der Waals surface area (Å²) < 4.78 is 11.2. The van der Waals surface area contributed by atoms with Gasteiger partial charge in [-0.25, -0.2) is 0 Å². The van der Waals surface area contributed by atoms with Gasteiger partial charge in [-0.3, -0.25) is 0 Å². The summed E-state index contributed by atoms with van der Waals surface area (Å²) in [7, 11) is 0. The van der Waals surface area contributed by atoms with Crippen molar-refractivity contribution >= 4 is 0 Å². The first kappa shape index (κ1) is 12.0. The summed E-state index contributed by atoms with van der Waals surface area (Å²) in [6.45, 7) is 3.38. The average Bonchev–Trinajstić information content (AvgIpc) is 2.70. The minimum absolute atomic E-state index is 0.0625. The molecular weight excluding hydrogens is 228 g/mol. The third kappa shape index (κ3) is 2.02. The number of benzene rings is 1. The highest BCUT2D eigenvalue weighted by Gasteiger charge is 2.42. The van der Waals surface area contributed by atoms with Crippen LogP contribution in [0.4, 0.5) is 0 Å². The van der Waals surface area contributed by atoms with E-state index in [1.807, 2.05) is 25.1 Å². The summed E-state index contributed by atoms with van der Waals surface area (Å²) in [6, 6.07) is 8.17. The molecule has 0 amide bonds. The molecule has 1 N–H and O–H groups in total. The minimum atomic E-state index is -0.672. The van der Waals surface area contributed by atoms with E-state index in [0.29, 0.717) is 12.5 Å². The zero-order chi connectivity index (χ0) is 12.6. The van der Waals surface area contributed by atoms with Gasteiger partial charge in [-0.15, -0.1) is 0 Å². The molecule has 2 heterocycles.